The van der Waals surface area contributed by atoms with Crippen LogP contribution in [-0.2, 0) is 21.8 Å². The van der Waals surface area contributed by atoms with Crippen LogP contribution in [0, 0.1) is 6.08 Å². The largest absolute Gasteiger partial charge is 1.00 e. The number of allylic oxidation sites excluding steroid dienone is 1. The first-order valence-electron chi connectivity index (χ1n) is 2.17. The van der Waals surface area contributed by atoms with E-state index in [1.807, 2.05) is 0 Å². The monoisotopic (exact) mass is 146 g/mol. The molecule has 0 aromatic heterocycles. The van der Waals surface area contributed by atoms with Crippen LogP contribution in [0.3, 0.4) is 0 Å². The second kappa shape index (κ2) is 4.22. The molecular weight excluding hydrogens is 140 g/mol. The molecule has 0 saturated carbocycles. The molecule has 0 unspecified atom stereocenters. The quantitative estimate of drug-likeness (QED) is 0.368. The summed E-state index contributed by atoms with van der Waals surface area (Å²) in [6.45, 7) is 0.882. The molecule has 0 radical (unpaired) electrons. The summed E-state index contributed by atoms with van der Waals surface area (Å²) in [5, 5.41) is 0. The molecule has 0 aliphatic carbocycles. The summed E-state index contributed by atoms with van der Waals surface area (Å²) in [4.78, 5) is 0. The van der Waals surface area contributed by atoms with Crippen molar-refractivity contribution in [3.8, 4) is 0 Å². The van der Waals surface area contributed by atoms with Crippen molar-refractivity contribution in [2.75, 3.05) is 6.61 Å². The van der Waals surface area contributed by atoms with Crippen LogP contribution in [0.4, 0.5) is 0 Å². The van der Waals surface area contributed by atoms with Gasteiger partial charge in [0.05, 0.1) is 6.61 Å². The van der Waals surface area contributed by atoms with Crippen LogP contribution in [0.1, 0.15) is 12.8 Å². The van der Waals surface area contributed by atoms with Crippen molar-refractivity contribution in [1.82, 2.24) is 0 Å². The Kier molecular flexibility index (Phi) is 4.26. The van der Waals surface area contributed by atoms with Crippen LogP contribution >= 0.6 is 0 Å². The first kappa shape index (κ1) is 7.06. The second-order valence-electron chi connectivity index (χ2n) is 1.30. The van der Waals surface area contributed by atoms with Gasteiger partial charge < -0.3 is 10.8 Å². The SMILES string of the molecule is [C-]1=COCCC1.[Cu+]. The third kappa shape index (κ3) is 2.72. The minimum atomic E-state index is 0. The van der Waals surface area contributed by atoms with E-state index < -0.39 is 0 Å². The van der Waals surface area contributed by atoms with Gasteiger partial charge in [-0.25, -0.2) is 0 Å². The smallest absolute Gasteiger partial charge is 0.538 e. The zero-order valence-corrected chi connectivity index (χ0v) is 4.85. The molecule has 0 spiro atoms. The minimum Gasteiger partial charge on any atom is -0.538 e. The van der Waals surface area contributed by atoms with Gasteiger partial charge in [-0.2, -0.15) is 6.42 Å². The molecule has 1 nitrogen and oxygen atoms in total. The Hall–Kier alpha value is 0.0595. The number of ether oxygens (including phenoxy) is 1. The maximum atomic E-state index is 4.83. The number of hydrogen-bond donors (Lipinski definition) is 0. The van der Waals surface area contributed by atoms with Gasteiger partial charge in [0.2, 0.25) is 0 Å². The molecule has 7 heavy (non-hydrogen) atoms. The summed E-state index contributed by atoms with van der Waals surface area (Å²) in [7, 11) is 0. The van der Waals surface area contributed by atoms with E-state index in [1.165, 1.54) is 0 Å². The molecule has 0 fully saturated rings. The minimum absolute atomic E-state index is 0. The molecule has 1 heterocycles. The molecule has 0 aromatic rings. The van der Waals surface area contributed by atoms with E-state index in [2.05, 4.69) is 6.08 Å². The van der Waals surface area contributed by atoms with Gasteiger partial charge in [0.25, 0.3) is 0 Å². The van der Waals surface area contributed by atoms with Gasteiger partial charge >= 0.3 is 17.1 Å². The Morgan fingerprint density at radius 1 is 1.57 bits per heavy atom. The molecule has 0 bridgehead atoms. The van der Waals surface area contributed by atoms with Crippen molar-refractivity contribution in [2.24, 2.45) is 0 Å². The zero-order chi connectivity index (χ0) is 4.24. The number of hydrogen-bond acceptors (Lipinski definition) is 1. The van der Waals surface area contributed by atoms with Crippen molar-refractivity contribution in [1.29, 1.82) is 0 Å². The Morgan fingerprint density at radius 2 is 2.43 bits per heavy atom. The van der Waals surface area contributed by atoms with E-state index in [-0.39, 0.29) is 17.1 Å². The number of rotatable bonds is 0. The van der Waals surface area contributed by atoms with Crippen LogP contribution in [0.15, 0.2) is 6.26 Å². The Bertz CT molecular complexity index is 53.1. The maximum absolute atomic E-state index is 4.83. The molecule has 44 valence electrons. The van der Waals surface area contributed by atoms with Crippen molar-refractivity contribution in [3.63, 3.8) is 0 Å². The molecule has 0 atom stereocenters. The molecule has 1 aliphatic rings. The normalized spacial score (nSPS) is 17.1. The zero-order valence-electron chi connectivity index (χ0n) is 3.91. The molecule has 1 aliphatic heterocycles. The average molecular weight is 147 g/mol. The van der Waals surface area contributed by atoms with Gasteiger partial charge in [0, 0.05) is 0 Å². The van der Waals surface area contributed by atoms with Crippen LogP contribution in [0.2, 0.25) is 0 Å². The second-order valence-corrected chi connectivity index (χ2v) is 1.30. The van der Waals surface area contributed by atoms with Crippen LogP contribution in [0.5, 0.6) is 0 Å². The fourth-order valence-electron chi connectivity index (χ4n) is 0.434. The van der Waals surface area contributed by atoms with E-state index in [0.29, 0.717) is 0 Å². The molecular formula is C5H7CuO. The predicted molar refractivity (Wildman–Crippen MR) is 23.0 cm³/mol. The predicted octanol–water partition coefficient (Wildman–Crippen LogP) is 1.11. The van der Waals surface area contributed by atoms with Gasteiger partial charge in [-0.15, -0.1) is 0 Å². The summed E-state index contributed by atoms with van der Waals surface area (Å²) in [6, 6.07) is 0. The Labute approximate surface area is 54.2 Å². The summed E-state index contributed by atoms with van der Waals surface area (Å²) < 4.78 is 4.83. The van der Waals surface area contributed by atoms with Gasteiger partial charge in [-0.3, -0.25) is 0 Å². The van der Waals surface area contributed by atoms with Gasteiger partial charge in [0.1, 0.15) is 0 Å². The topological polar surface area (TPSA) is 9.23 Å². The molecule has 1 rings (SSSR count). The molecule has 2 heteroatoms. The Morgan fingerprint density at radius 3 is 2.57 bits per heavy atom. The standard InChI is InChI=1S/C5H7O.Cu/c1-2-4-6-5-3-1;/h5H,1-2,4H2;/q-1;+1. The molecule has 0 aromatic carbocycles. The van der Waals surface area contributed by atoms with Gasteiger partial charge in [-0.1, -0.05) is 6.26 Å². The third-order valence-electron chi connectivity index (χ3n) is 0.750. The van der Waals surface area contributed by atoms with E-state index >= 15 is 0 Å². The van der Waals surface area contributed by atoms with E-state index in [1.54, 1.807) is 6.26 Å². The van der Waals surface area contributed by atoms with Crippen molar-refractivity contribution in [2.45, 2.75) is 12.8 Å². The first-order chi connectivity index (χ1) is 3.00. The summed E-state index contributed by atoms with van der Waals surface area (Å²) >= 11 is 0. The van der Waals surface area contributed by atoms with Crippen LogP contribution < -0.4 is 0 Å². The van der Waals surface area contributed by atoms with Crippen LogP contribution in [-0.4, -0.2) is 6.61 Å². The van der Waals surface area contributed by atoms with Crippen molar-refractivity contribution < 1.29 is 21.8 Å². The van der Waals surface area contributed by atoms with Gasteiger partial charge in [-0.05, 0) is 6.42 Å². The average Bonchev–Trinajstić information content (AvgIpc) is 1.72. The van der Waals surface area contributed by atoms with Crippen LogP contribution in [0.25, 0.3) is 0 Å². The van der Waals surface area contributed by atoms with E-state index in [4.69, 9.17) is 4.74 Å². The Balaban J connectivity index is 0.000000360. The van der Waals surface area contributed by atoms with Gasteiger partial charge in [0.15, 0.2) is 0 Å². The summed E-state index contributed by atoms with van der Waals surface area (Å²) in [5.41, 5.74) is 0. The molecule has 0 saturated heterocycles. The van der Waals surface area contributed by atoms with E-state index in [9.17, 15) is 0 Å². The molecule has 0 amide bonds. The van der Waals surface area contributed by atoms with Crippen molar-refractivity contribution >= 4 is 0 Å². The maximum Gasteiger partial charge on any atom is 1.00 e. The van der Waals surface area contributed by atoms with E-state index in [0.717, 1.165) is 19.4 Å². The first-order valence-corrected chi connectivity index (χ1v) is 2.17. The summed E-state index contributed by atoms with van der Waals surface area (Å²) in [6.07, 6.45) is 6.78. The third-order valence-corrected chi connectivity index (χ3v) is 0.750. The fourth-order valence-corrected chi connectivity index (χ4v) is 0.434. The summed E-state index contributed by atoms with van der Waals surface area (Å²) in [5.74, 6) is 0. The molecule has 0 N–H and O–H groups in total. The fraction of sp³-hybridized carbons (Fsp3) is 0.600. The van der Waals surface area contributed by atoms with Crippen molar-refractivity contribution in [3.05, 3.63) is 12.3 Å².